The number of fused-ring (bicyclic) bond motifs is 1. The Morgan fingerprint density at radius 2 is 2.26 bits per heavy atom. The minimum Gasteiger partial charge on any atom is -0.488 e. The van der Waals surface area contributed by atoms with Crippen molar-refractivity contribution in [2.24, 2.45) is 7.05 Å². The molecule has 1 aliphatic rings. The normalized spacial score (nSPS) is 19.1. The van der Waals surface area contributed by atoms with Crippen LogP contribution in [0.4, 0.5) is 5.69 Å². The van der Waals surface area contributed by atoms with Crippen LogP contribution >= 0.6 is 0 Å². The highest BCUT2D eigenvalue weighted by Gasteiger charge is 2.41. The monoisotopic (exact) mass is 444 g/mol. The molecule has 2 atom stereocenters. The number of aryl methyl sites for hydroxylation is 2. The number of carbonyl (C=O) groups is 1. The van der Waals surface area contributed by atoms with Gasteiger partial charge in [-0.1, -0.05) is 12.1 Å². The first-order valence-electron chi connectivity index (χ1n) is 9.50. The van der Waals surface area contributed by atoms with Gasteiger partial charge in [-0.3, -0.25) is 4.79 Å². The molecule has 0 saturated heterocycles. The second-order valence-corrected chi connectivity index (χ2v) is 9.39. The summed E-state index contributed by atoms with van der Waals surface area (Å²) in [7, 11) is -2.54. The molecule has 9 nitrogen and oxygen atoms in total. The van der Waals surface area contributed by atoms with Crippen LogP contribution in [0, 0.1) is 18.3 Å². The van der Waals surface area contributed by atoms with Crippen molar-refractivity contribution in [1.82, 2.24) is 9.29 Å². The van der Waals surface area contributed by atoms with Crippen molar-refractivity contribution in [2.45, 2.75) is 36.8 Å². The summed E-state index contributed by atoms with van der Waals surface area (Å²) in [4.78, 5) is 12.8. The summed E-state index contributed by atoms with van der Waals surface area (Å²) in [5.41, 5.74) is 0.149. The number of sulfonamides is 1. The van der Waals surface area contributed by atoms with Crippen LogP contribution in [-0.2, 0) is 17.1 Å². The lowest BCUT2D eigenvalue weighted by Crippen LogP contribution is -2.52. The summed E-state index contributed by atoms with van der Waals surface area (Å²) in [6, 6.07) is 6.00. The number of aliphatic hydroxyl groups is 1. The van der Waals surface area contributed by atoms with Gasteiger partial charge in [-0.05, 0) is 38.0 Å². The van der Waals surface area contributed by atoms with Gasteiger partial charge in [0, 0.05) is 18.9 Å². The first-order chi connectivity index (χ1) is 14.5. The minimum absolute atomic E-state index is 0.00321. The van der Waals surface area contributed by atoms with Crippen LogP contribution in [0.3, 0.4) is 0 Å². The van der Waals surface area contributed by atoms with Crippen molar-refractivity contribution in [3.05, 3.63) is 53.9 Å². The average Bonchev–Trinajstić information content (AvgIpc) is 2.97. The van der Waals surface area contributed by atoms with E-state index in [0.717, 1.165) is 5.56 Å². The summed E-state index contributed by atoms with van der Waals surface area (Å²) in [5.74, 6) is -0.694. The molecule has 0 spiro atoms. The Kier molecular flexibility index (Phi) is 5.96. The molecule has 0 radical (unpaired) electrons. The van der Waals surface area contributed by atoms with E-state index >= 15 is 0 Å². The molecule has 31 heavy (non-hydrogen) atoms. The average molecular weight is 445 g/mol. The van der Waals surface area contributed by atoms with Crippen LogP contribution in [0.5, 0.6) is 5.75 Å². The molecule has 1 aromatic carbocycles. The van der Waals surface area contributed by atoms with Gasteiger partial charge in [-0.2, -0.15) is 5.26 Å². The smallest absolute Gasteiger partial charge is 0.276 e. The zero-order valence-corrected chi connectivity index (χ0v) is 18.3. The molecule has 0 bridgehead atoms. The van der Waals surface area contributed by atoms with Crippen LogP contribution < -0.4 is 14.8 Å². The second kappa shape index (κ2) is 8.19. The molecule has 164 valence electrons. The van der Waals surface area contributed by atoms with Gasteiger partial charge in [0.1, 0.15) is 11.5 Å². The van der Waals surface area contributed by atoms with Gasteiger partial charge in [0.15, 0.2) is 11.4 Å². The third-order valence-corrected chi connectivity index (χ3v) is 6.69. The summed E-state index contributed by atoms with van der Waals surface area (Å²) >= 11 is 0. The Labute approximate surface area is 181 Å². The maximum Gasteiger partial charge on any atom is 0.276 e. The van der Waals surface area contributed by atoms with Gasteiger partial charge in [0.25, 0.3) is 5.91 Å². The van der Waals surface area contributed by atoms with E-state index in [1.54, 1.807) is 19.1 Å². The van der Waals surface area contributed by atoms with E-state index in [2.05, 4.69) is 22.7 Å². The Balaban J connectivity index is 1.97. The molecule has 0 aliphatic carbocycles. The van der Waals surface area contributed by atoms with E-state index in [4.69, 9.17) is 4.74 Å². The molecule has 0 unspecified atom stereocenters. The Morgan fingerprint density at radius 3 is 2.90 bits per heavy atom. The molecule has 10 heteroatoms. The number of hydrogen-bond acceptors (Lipinski definition) is 6. The van der Waals surface area contributed by atoms with Gasteiger partial charge in [-0.25, -0.2) is 13.1 Å². The van der Waals surface area contributed by atoms with E-state index in [-0.39, 0.29) is 29.4 Å². The predicted molar refractivity (Wildman–Crippen MR) is 114 cm³/mol. The van der Waals surface area contributed by atoms with Crippen molar-refractivity contribution < 1.29 is 23.1 Å². The zero-order chi connectivity index (χ0) is 23.0. The molecule has 1 amide bonds. The highest BCUT2D eigenvalue weighted by Crippen LogP contribution is 2.34. The van der Waals surface area contributed by atoms with Crippen LogP contribution in [0.1, 0.15) is 35.0 Å². The Bertz CT molecular complexity index is 1190. The van der Waals surface area contributed by atoms with Gasteiger partial charge in [0.05, 0.1) is 23.3 Å². The maximum absolute atomic E-state index is 13.0. The lowest BCUT2D eigenvalue weighted by Gasteiger charge is -2.30. The molecule has 3 N–H and O–H groups in total. The predicted octanol–water partition coefficient (Wildman–Crippen LogP) is 1.82. The van der Waals surface area contributed by atoms with Gasteiger partial charge >= 0.3 is 0 Å². The second-order valence-electron chi connectivity index (χ2n) is 7.71. The van der Waals surface area contributed by atoms with E-state index in [0.29, 0.717) is 11.3 Å². The first-order valence-corrected chi connectivity index (χ1v) is 11.0. The molecular formula is C21H24N4O5S. The fourth-order valence-corrected chi connectivity index (χ4v) is 4.89. The van der Waals surface area contributed by atoms with E-state index in [9.17, 15) is 23.6 Å². The van der Waals surface area contributed by atoms with Crippen molar-refractivity contribution in [2.75, 3.05) is 11.9 Å². The minimum atomic E-state index is -4.07. The van der Waals surface area contributed by atoms with Crippen molar-refractivity contribution in [1.29, 1.82) is 5.26 Å². The highest BCUT2D eigenvalue weighted by molar-refractivity contribution is 7.89. The molecule has 1 aromatic heterocycles. The van der Waals surface area contributed by atoms with Crippen molar-refractivity contribution in [3.8, 4) is 11.8 Å². The quantitative estimate of drug-likeness (QED) is 0.603. The number of hydrogen-bond donors (Lipinski definition) is 3. The number of rotatable bonds is 5. The summed E-state index contributed by atoms with van der Waals surface area (Å²) in [6.07, 6.45) is 2.92. The summed E-state index contributed by atoms with van der Waals surface area (Å²) in [6.45, 7) is 6.67. The fraction of sp³-hybridized carbons (Fsp3) is 0.333. The van der Waals surface area contributed by atoms with Crippen LogP contribution in [0.15, 0.2) is 41.9 Å². The van der Waals surface area contributed by atoms with E-state index in [1.807, 2.05) is 0 Å². The summed E-state index contributed by atoms with van der Waals surface area (Å²) < 4.78 is 35.4. The molecule has 3 rings (SSSR count). The standard InChI is InChI=1S/C21H24N4O5S/c1-5-8-21(3,27)17-12-30-19-16(31(28,29)24-17)11-25(4)18(19)20(26)23-15-7-6-13(2)14(9-15)10-22/h5-7,9,11,17,24,27H,1,8,12H2,2-4H3,(H,23,26)/t17-,21+/m1/s1. The number of anilines is 1. The SMILES string of the molecule is C=CC[C@](C)(O)[C@H]1COc2c(cn(C)c2C(=O)Nc2ccc(C)c(C#N)c2)S(=O)(=O)N1. The number of aromatic nitrogens is 1. The summed E-state index contributed by atoms with van der Waals surface area (Å²) in [5, 5.41) is 22.5. The molecule has 0 fully saturated rings. The van der Waals surface area contributed by atoms with Crippen LogP contribution in [0.25, 0.3) is 0 Å². The third-order valence-electron chi connectivity index (χ3n) is 5.22. The number of benzene rings is 1. The van der Waals surface area contributed by atoms with E-state index < -0.39 is 27.6 Å². The fourth-order valence-electron chi connectivity index (χ4n) is 3.37. The zero-order valence-electron chi connectivity index (χ0n) is 17.5. The van der Waals surface area contributed by atoms with Crippen molar-refractivity contribution in [3.63, 3.8) is 0 Å². The van der Waals surface area contributed by atoms with Crippen LogP contribution in [0.2, 0.25) is 0 Å². The number of nitrogens with zero attached hydrogens (tertiary/aromatic N) is 2. The van der Waals surface area contributed by atoms with Crippen molar-refractivity contribution >= 4 is 21.6 Å². The number of nitrogens with one attached hydrogen (secondary N) is 2. The first kappa shape index (κ1) is 22.6. The lowest BCUT2D eigenvalue weighted by atomic mass is 9.94. The Hall–Kier alpha value is -3.13. The van der Waals surface area contributed by atoms with E-state index in [1.165, 1.54) is 36.9 Å². The van der Waals surface area contributed by atoms with Crippen LogP contribution in [-0.4, -0.2) is 42.2 Å². The largest absolute Gasteiger partial charge is 0.488 e. The number of carbonyl (C=O) groups excluding carboxylic acids is 1. The number of ether oxygens (including phenoxy) is 1. The molecule has 2 aromatic rings. The lowest BCUT2D eigenvalue weighted by molar-refractivity contribution is 0.0143. The van der Waals surface area contributed by atoms with Gasteiger partial charge in [0.2, 0.25) is 10.0 Å². The Morgan fingerprint density at radius 1 is 1.55 bits per heavy atom. The van der Waals surface area contributed by atoms with Gasteiger partial charge in [-0.15, -0.1) is 6.58 Å². The molecule has 2 heterocycles. The molecule has 0 saturated carbocycles. The molecule has 1 aliphatic heterocycles. The molecular weight excluding hydrogens is 420 g/mol. The highest BCUT2D eigenvalue weighted by atomic mass is 32.2. The maximum atomic E-state index is 13.0. The van der Waals surface area contributed by atoms with Gasteiger partial charge < -0.3 is 19.7 Å². The number of amides is 1. The topological polar surface area (TPSA) is 133 Å². The third kappa shape index (κ3) is 4.34. The number of nitriles is 1.